The molecule has 3 aromatic carbocycles. The van der Waals surface area contributed by atoms with Gasteiger partial charge in [-0.1, -0.05) is 30.3 Å². The van der Waals surface area contributed by atoms with Crippen molar-refractivity contribution >= 4 is 23.2 Å². The van der Waals surface area contributed by atoms with Gasteiger partial charge in [0, 0.05) is 11.3 Å². The third-order valence-corrected chi connectivity index (χ3v) is 4.68. The van der Waals surface area contributed by atoms with E-state index in [4.69, 9.17) is 4.74 Å². The number of rotatable bonds is 6. The highest BCUT2D eigenvalue weighted by atomic mass is 19.4. The Labute approximate surface area is 183 Å². The summed E-state index contributed by atoms with van der Waals surface area (Å²) in [6.45, 7) is 3.30. The first-order valence-corrected chi connectivity index (χ1v) is 9.76. The molecule has 32 heavy (non-hydrogen) atoms. The van der Waals surface area contributed by atoms with Crippen molar-refractivity contribution < 1.29 is 27.5 Å². The number of carbonyl (C=O) groups is 2. The Bertz CT molecular complexity index is 1110. The molecular formula is C24H21F3N2O3. The van der Waals surface area contributed by atoms with Crippen LogP contribution in [0.25, 0.3) is 0 Å². The zero-order valence-electron chi connectivity index (χ0n) is 17.4. The third-order valence-electron chi connectivity index (χ3n) is 4.68. The van der Waals surface area contributed by atoms with E-state index in [2.05, 4.69) is 10.6 Å². The minimum absolute atomic E-state index is 0.296. The van der Waals surface area contributed by atoms with Gasteiger partial charge >= 0.3 is 6.18 Å². The molecule has 0 aromatic heterocycles. The van der Waals surface area contributed by atoms with Crippen LogP contribution in [0.5, 0.6) is 5.75 Å². The van der Waals surface area contributed by atoms with Crippen LogP contribution in [0.2, 0.25) is 0 Å². The van der Waals surface area contributed by atoms with Crippen LogP contribution in [0.4, 0.5) is 24.5 Å². The van der Waals surface area contributed by atoms with Crippen LogP contribution >= 0.6 is 0 Å². The van der Waals surface area contributed by atoms with Crippen LogP contribution in [0.3, 0.4) is 0 Å². The smallest absolute Gasteiger partial charge is 0.418 e. The standard InChI is InChI=1S/C24H21F3N2O3/c1-15-7-3-5-9-20(15)28-23(31)17-11-13-18(14-12-17)32-16(2)22(30)29-21-10-6-4-8-19(21)24(25,26)27/h3-14,16H,1-2H3,(H,28,31)(H,29,30). The fraction of sp³-hybridized carbons (Fsp3) is 0.167. The molecule has 0 radical (unpaired) electrons. The number of aryl methyl sites for hydroxylation is 1. The van der Waals surface area contributed by atoms with E-state index in [1.54, 1.807) is 6.07 Å². The highest BCUT2D eigenvalue weighted by Gasteiger charge is 2.34. The number of ether oxygens (including phenoxy) is 1. The maximum absolute atomic E-state index is 13.1. The minimum atomic E-state index is -4.59. The third kappa shape index (κ3) is 5.66. The molecule has 3 aromatic rings. The van der Waals surface area contributed by atoms with Crippen LogP contribution in [-0.2, 0) is 11.0 Å². The van der Waals surface area contributed by atoms with E-state index in [9.17, 15) is 22.8 Å². The number of benzene rings is 3. The van der Waals surface area contributed by atoms with Gasteiger partial charge in [-0.3, -0.25) is 9.59 Å². The number of alkyl halides is 3. The molecule has 0 heterocycles. The average Bonchev–Trinajstić information content (AvgIpc) is 2.75. The Balaban J connectivity index is 1.62. The zero-order valence-corrected chi connectivity index (χ0v) is 17.4. The summed E-state index contributed by atoms with van der Waals surface area (Å²) >= 11 is 0. The van der Waals surface area contributed by atoms with Gasteiger partial charge in [-0.15, -0.1) is 0 Å². The monoisotopic (exact) mass is 442 g/mol. The Kier molecular flexibility index (Phi) is 6.82. The topological polar surface area (TPSA) is 67.4 Å². The molecule has 0 aliphatic rings. The molecular weight excluding hydrogens is 421 g/mol. The Morgan fingerprint density at radius 1 is 0.844 bits per heavy atom. The van der Waals surface area contributed by atoms with Crippen LogP contribution in [0.15, 0.2) is 72.8 Å². The molecule has 0 fully saturated rings. The predicted octanol–water partition coefficient (Wildman–Crippen LogP) is 5.67. The molecule has 5 nitrogen and oxygen atoms in total. The van der Waals surface area contributed by atoms with Gasteiger partial charge in [0.15, 0.2) is 6.10 Å². The van der Waals surface area contributed by atoms with E-state index in [0.29, 0.717) is 17.0 Å². The average molecular weight is 442 g/mol. The number of para-hydroxylation sites is 2. The van der Waals surface area contributed by atoms with Crippen molar-refractivity contribution in [3.8, 4) is 5.75 Å². The number of hydrogen-bond donors (Lipinski definition) is 2. The van der Waals surface area contributed by atoms with E-state index in [0.717, 1.165) is 11.6 Å². The summed E-state index contributed by atoms with van der Waals surface area (Å²) in [6.07, 6.45) is -5.66. The number of hydrogen-bond acceptors (Lipinski definition) is 3. The molecule has 0 bridgehead atoms. The Morgan fingerprint density at radius 2 is 1.44 bits per heavy atom. The summed E-state index contributed by atoms with van der Waals surface area (Å²) in [4.78, 5) is 24.8. The van der Waals surface area contributed by atoms with Gasteiger partial charge in [-0.2, -0.15) is 13.2 Å². The van der Waals surface area contributed by atoms with Gasteiger partial charge in [0.25, 0.3) is 11.8 Å². The summed E-state index contributed by atoms with van der Waals surface area (Å²) in [5.41, 5.74) is 0.722. The molecule has 0 saturated carbocycles. The highest BCUT2D eigenvalue weighted by molar-refractivity contribution is 6.04. The quantitative estimate of drug-likeness (QED) is 0.517. The molecule has 8 heteroatoms. The molecule has 0 aliphatic carbocycles. The second kappa shape index (κ2) is 9.55. The van der Waals surface area contributed by atoms with Crippen molar-refractivity contribution in [3.05, 3.63) is 89.5 Å². The lowest BCUT2D eigenvalue weighted by Gasteiger charge is -2.17. The van der Waals surface area contributed by atoms with Crippen molar-refractivity contribution in [1.82, 2.24) is 0 Å². The van der Waals surface area contributed by atoms with Crippen LogP contribution in [-0.4, -0.2) is 17.9 Å². The van der Waals surface area contributed by atoms with Crippen molar-refractivity contribution in [2.45, 2.75) is 26.1 Å². The maximum atomic E-state index is 13.1. The summed E-state index contributed by atoms with van der Waals surface area (Å²) in [5, 5.41) is 5.07. The van der Waals surface area contributed by atoms with Gasteiger partial charge < -0.3 is 15.4 Å². The minimum Gasteiger partial charge on any atom is -0.481 e. The van der Waals surface area contributed by atoms with E-state index in [-0.39, 0.29) is 11.6 Å². The van der Waals surface area contributed by atoms with Gasteiger partial charge in [-0.05, 0) is 61.9 Å². The number of amides is 2. The number of anilines is 2. The normalized spacial score (nSPS) is 12.0. The molecule has 0 saturated heterocycles. The molecule has 1 atom stereocenters. The number of carbonyl (C=O) groups excluding carboxylic acids is 2. The molecule has 0 aliphatic heterocycles. The fourth-order valence-electron chi connectivity index (χ4n) is 2.92. The van der Waals surface area contributed by atoms with Crippen molar-refractivity contribution in [2.24, 2.45) is 0 Å². The van der Waals surface area contributed by atoms with E-state index < -0.39 is 23.8 Å². The van der Waals surface area contributed by atoms with E-state index in [1.165, 1.54) is 49.4 Å². The summed E-state index contributed by atoms with van der Waals surface area (Å²) in [6, 6.07) is 18.2. The second-order valence-electron chi connectivity index (χ2n) is 7.09. The lowest BCUT2D eigenvalue weighted by molar-refractivity contribution is -0.137. The largest absolute Gasteiger partial charge is 0.481 e. The first-order chi connectivity index (χ1) is 15.1. The van der Waals surface area contributed by atoms with Gasteiger partial charge in [-0.25, -0.2) is 0 Å². The second-order valence-corrected chi connectivity index (χ2v) is 7.09. The van der Waals surface area contributed by atoms with Crippen LogP contribution < -0.4 is 15.4 Å². The van der Waals surface area contributed by atoms with Crippen molar-refractivity contribution in [1.29, 1.82) is 0 Å². The molecule has 2 N–H and O–H groups in total. The van der Waals surface area contributed by atoms with Crippen molar-refractivity contribution in [2.75, 3.05) is 10.6 Å². The van der Waals surface area contributed by atoms with E-state index in [1.807, 2.05) is 25.1 Å². The lowest BCUT2D eigenvalue weighted by atomic mass is 10.1. The molecule has 0 spiro atoms. The molecule has 1 unspecified atom stereocenters. The summed E-state index contributed by atoms with van der Waals surface area (Å²) in [5.74, 6) is -0.743. The van der Waals surface area contributed by atoms with Gasteiger partial charge in [0.05, 0.1) is 11.3 Å². The number of nitrogens with one attached hydrogen (secondary N) is 2. The van der Waals surface area contributed by atoms with Gasteiger partial charge in [0.1, 0.15) is 5.75 Å². The molecule has 2 amide bonds. The predicted molar refractivity (Wildman–Crippen MR) is 116 cm³/mol. The molecule has 3 rings (SSSR count). The van der Waals surface area contributed by atoms with Crippen molar-refractivity contribution in [3.63, 3.8) is 0 Å². The maximum Gasteiger partial charge on any atom is 0.418 e. The Hall–Kier alpha value is -3.81. The fourth-order valence-corrected chi connectivity index (χ4v) is 2.92. The van der Waals surface area contributed by atoms with E-state index >= 15 is 0 Å². The SMILES string of the molecule is Cc1ccccc1NC(=O)c1ccc(OC(C)C(=O)Nc2ccccc2C(F)(F)F)cc1. The first-order valence-electron chi connectivity index (χ1n) is 9.76. The van der Waals surface area contributed by atoms with Crippen LogP contribution in [0.1, 0.15) is 28.4 Å². The zero-order chi connectivity index (χ0) is 23.3. The molecule has 166 valence electrons. The lowest BCUT2D eigenvalue weighted by Crippen LogP contribution is -2.31. The summed E-state index contributed by atoms with van der Waals surface area (Å²) in [7, 11) is 0. The highest BCUT2D eigenvalue weighted by Crippen LogP contribution is 2.34. The van der Waals surface area contributed by atoms with Gasteiger partial charge in [0.2, 0.25) is 0 Å². The Morgan fingerprint density at radius 3 is 2.06 bits per heavy atom. The van der Waals surface area contributed by atoms with Crippen LogP contribution in [0, 0.1) is 6.92 Å². The number of halogens is 3. The first kappa shape index (κ1) is 22.9. The summed E-state index contributed by atoms with van der Waals surface area (Å²) < 4.78 is 44.8.